The maximum absolute atomic E-state index is 12.1. The highest BCUT2D eigenvalue weighted by Gasteiger charge is 2.20. The summed E-state index contributed by atoms with van der Waals surface area (Å²) in [7, 11) is 0. The predicted octanol–water partition coefficient (Wildman–Crippen LogP) is 2.60. The Balaban J connectivity index is 1.47. The summed E-state index contributed by atoms with van der Waals surface area (Å²) in [4.78, 5) is 18.9. The van der Waals surface area contributed by atoms with Crippen molar-refractivity contribution in [2.75, 3.05) is 19.6 Å². The molecule has 1 aromatic rings. The maximum atomic E-state index is 12.1. The molecule has 1 saturated heterocycles. The van der Waals surface area contributed by atoms with Crippen LogP contribution in [0.1, 0.15) is 24.8 Å². The van der Waals surface area contributed by atoms with Crippen LogP contribution in [0.5, 0.6) is 0 Å². The first-order valence-electron chi connectivity index (χ1n) is 7.98. The van der Waals surface area contributed by atoms with Crippen LogP contribution in [-0.2, 0) is 16.1 Å². The van der Waals surface area contributed by atoms with Crippen molar-refractivity contribution in [3.63, 3.8) is 0 Å². The highest BCUT2D eigenvalue weighted by Crippen LogP contribution is 2.15. The summed E-state index contributed by atoms with van der Waals surface area (Å²) >= 11 is 0. The highest BCUT2D eigenvalue weighted by atomic mass is 16.5. The van der Waals surface area contributed by atoms with Crippen molar-refractivity contribution in [2.45, 2.75) is 32.0 Å². The van der Waals surface area contributed by atoms with E-state index in [-0.39, 0.29) is 5.78 Å². The van der Waals surface area contributed by atoms with Crippen LogP contribution in [0.25, 0.3) is 0 Å². The molecule has 2 aliphatic heterocycles. The molecule has 0 bridgehead atoms. The minimum atomic E-state index is -0.546. The number of hydrogen-bond acceptors (Lipinski definition) is 4. The molecular weight excluding hydrogens is 276 g/mol. The molecule has 0 aromatic heterocycles. The van der Waals surface area contributed by atoms with Gasteiger partial charge in [0.25, 0.3) is 0 Å². The molecule has 0 radical (unpaired) electrons. The summed E-state index contributed by atoms with van der Waals surface area (Å²) in [6, 6.07) is 9.87. The van der Waals surface area contributed by atoms with E-state index in [9.17, 15) is 4.79 Å². The zero-order valence-corrected chi connectivity index (χ0v) is 12.8. The predicted molar refractivity (Wildman–Crippen MR) is 86.9 cm³/mol. The molecule has 1 fully saturated rings. The second-order valence-corrected chi connectivity index (χ2v) is 5.83. The number of hydrogen-bond donors (Lipinski definition) is 0. The Morgan fingerprint density at radius 2 is 1.95 bits per heavy atom. The van der Waals surface area contributed by atoms with Gasteiger partial charge in [0.05, 0.1) is 6.61 Å². The van der Waals surface area contributed by atoms with E-state index in [1.54, 1.807) is 12.3 Å². The number of rotatable bonds is 6. The summed E-state index contributed by atoms with van der Waals surface area (Å²) in [6.45, 7) is 3.77. The number of aliphatic imine (C=N–C) groups is 1. The molecule has 2 heterocycles. The monoisotopic (exact) mass is 298 g/mol. The molecule has 0 aliphatic carbocycles. The molecule has 0 amide bonds. The SMILES string of the molecule is O=C1C=C(CCN2CCCC2)N=CC1OCc1ccccc1. The van der Waals surface area contributed by atoms with E-state index in [0.29, 0.717) is 6.61 Å². The van der Waals surface area contributed by atoms with Crippen molar-refractivity contribution in [3.8, 4) is 0 Å². The van der Waals surface area contributed by atoms with Gasteiger partial charge in [-0.1, -0.05) is 30.3 Å². The van der Waals surface area contributed by atoms with Gasteiger partial charge < -0.3 is 9.64 Å². The summed E-state index contributed by atoms with van der Waals surface area (Å²) in [5.74, 6) is 0.00218. The summed E-state index contributed by atoms with van der Waals surface area (Å²) in [5, 5.41) is 0. The van der Waals surface area contributed by atoms with Gasteiger partial charge in [0, 0.05) is 31.0 Å². The van der Waals surface area contributed by atoms with Crippen molar-refractivity contribution in [1.29, 1.82) is 0 Å². The second-order valence-electron chi connectivity index (χ2n) is 5.83. The molecule has 1 aromatic carbocycles. The molecule has 0 saturated carbocycles. The Labute approximate surface area is 131 Å². The Kier molecular flexibility index (Phi) is 5.14. The average molecular weight is 298 g/mol. The summed E-state index contributed by atoms with van der Waals surface area (Å²) < 4.78 is 5.65. The highest BCUT2D eigenvalue weighted by molar-refractivity contribution is 6.06. The number of likely N-dealkylation sites (tertiary alicyclic amines) is 1. The van der Waals surface area contributed by atoms with Crippen LogP contribution in [0, 0.1) is 0 Å². The first kappa shape index (κ1) is 15.1. The quantitative estimate of drug-likeness (QED) is 0.810. The number of ether oxygens (including phenoxy) is 1. The van der Waals surface area contributed by atoms with Gasteiger partial charge in [-0.15, -0.1) is 0 Å². The van der Waals surface area contributed by atoms with Crippen LogP contribution in [0.3, 0.4) is 0 Å². The van der Waals surface area contributed by atoms with Crippen LogP contribution in [-0.4, -0.2) is 42.6 Å². The normalized spacial score (nSPS) is 22.1. The molecule has 22 heavy (non-hydrogen) atoms. The fourth-order valence-electron chi connectivity index (χ4n) is 2.82. The van der Waals surface area contributed by atoms with Crippen molar-refractivity contribution in [1.82, 2.24) is 4.90 Å². The lowest BCUT2D eigenvalue weighted by Crippen LogP contribution is -2.28. The Bertz CT molecular complexity index is 560. The first-order chi connectivity index (χ1) is 10.8. The molecule has 4 nitrogen and oxygen atoms in total. The van der Waals surface area contributed by atoms with Crippen molar-refractivity contribution in [2.24, 2.45) is 4.99 Å². The third-order valence-electron chi connectivity index (χ3n) is 4.12. The third-order valence-corrected chi connectivity index (χ3v) is 4.12. The largest absolute Gasteiger partial charge is 0.360 e. The molecule has 116 valence electrons. The van der Waals surface area contributed by atoms with E-state index in [2.05, 4.69) is 9.89 Å². The molecule has 0 spiro atoms. The summed E-state index contributed by atoms with van der Waals surface area (Å²) in [6.07, 6.45) is 6.16. The lowest BCUT2D eigenvalue weighted by Gasteiger charge is -2.18. The van der Waals surface area contributed by atoms with Crippen LogP contribution in [0.4, 0.5) is 0 Å². The van der Waals surface area contributed by atoms with E-state index in [4.69, 9.17) is 4.74 Å². The lowest BCUT2D eigenvalue weighted by atomic mass is 10.1. The van der Waals surface area contributed by atoms with Gasteiger partial charge >= 0.3 is 0 Å². The standard InChI is InChI=1S/C18H22N2O2/c21-17-12-16(8-11-20-9-4-5-10-20)19-13-18(17)22-14-15-6-2-1-3-7-15/h1-3,6-7,12-13,18H,4-5,8-11,14H2. The summed E-state index contributed by atoms with van der Waals surface area (Å²) in [5.41, 5.74) is 1.93. The molecule has 4 heteroatoms. The van der Waals surface area contributed by atoms with E-state index < -0.39 is 6.10 Å². The second kappa shape index (κ2) is 7.47. The van der Waals surface area contributed by atoms with Gasteiger partial charge in [-0.2, -0.15) is 0 Å². The number of carbonyl (C=O) groups is 1. The molecular formula is C18H22N2O2. The van der Waals surface area contributed by atoms with Gasteiger partial charge in [0.15, 0.2) is 11.9 Å². The zero-order chi connectivity index (χ0) is 15.2. The van der Waals surface area contributed by atoms with E-state index >= 15 is 0 Å². The fraction of sp³-hybridized carbons (Fsp3) is 0.444. The Morgan fingerprint density at radius 3 is 2.68 bits per heavy atom. The van der Waals surface area contributed by atoms with E-state index in [1.165, 1.54) is 25.9 Å². The van der Waals surface area contributed by atoms with Gasteiger partial charge in [0.2, 0.25) is 0 Å². The third kappa shape index (κ3) is 4.12. The topological polar surface area (TPSA) is 41.9 Å². The maximum Gasteiger partial charge on any atom is 0.191 e. The fourth-order valence-corrected chi connectivity index (χ4v) is 2.82. The molecule has 1 unspecified atom stereocenters. The minimum Gasteiger partial charge on any atom is -0.360 e. The number of carbonyl (C=O) groups excluding carboxylic acids is 1. The Hall–Kier alpha value is -1.78. The first-order valence-corrected chi connectivity index (χ1v) is 7.98. The number of benzene rings is 1. The van der Waals surface area contributed by atoms with Gasteiger partial charge in [-0.05, 0) is 31.5 Å². The zero-order valence-electron chi connectivity index (χ0n) is 12.8. The van der Waals surface area contributed by atoms with Crippen LogP contribution in [0.15, 0.2) is 47.1 Å². The number of ketones is 1. The van der Waals surface area contributed by atoms with Gasteiger partial charge in [-0.25, -0.2) is 0 Å². The van der Waals surface area contributed by atoms with Gasteiger partial charge in [0.1, 0.15) is 0 Å². The van der Waals surface area contributed by atoms with Crippen molar-refractivity contribution >= 4 is 12.0 Å². The van der Waals surface area contributed by atoms with Crippen LogP contribution in [0.2, 0.25) is 0 Å². The van der Waals surface area contributed by atoms with Crippen LogP contribution >= 0.6 is 0 Å². The molecule has 0 N–H and O–H groups in total. The smallest absolute Gasteiger partial charge is 0.191 e. The van der Waals surface area contributed by atoms with Crippen molar-refractivity contribution in [3.05, 3.63) is 47.7 Å². The van der Waals surface area contributed by atoms with Crippen LogP contribution < -0.4 is 0 Å². The van der Waals surface area contributed by atoms with Crippen molar-refractivity contribution < 1.29 is 9.53 Å². The van der Waals surface area contributed by atoms with E-state index in [1.807, 2.05) is 30.3 Å². The average Bonchev–Trinajstić information content (AvgIpc) is 3.06. The lowest BCUT2D eigenvalue weighted by molar-refractivity contribution is -0.122. The molecule has 1 atom stereocenters. The molecule has 3 rings (SSSR count). The number of nitrogens with zero attached hydrogens (tertiary/aromatic N) is 2. The Morgan fingerprint density at radius 1 is 1.18 bits per heavy atom. The molecule has 2 aliphatic rings. The van der Waals surface area contributed by atoms with E-state index in [0.717, 1.165) is 24.2 Å². The van der Waals surface area contributed by atoms with Gasteiger partial charge in [-0.3, -0.25) is 9.79 Å². The minimum absolute atomic E-state index is 0.00218.